The van der Waals surface area contributed by atoms with Gasteiger partial charge in [-0.1, -0.05) is 19.9 Å². The van der Waals surface area contributed by atoms with Crippen LogP contribution in [0, 0.1) is 5.92 Å². The van der Waals surface area contributed by atoms with Crippen LogP contribution in [-0.2, 0) is 4.74 Å². The molecule has 1 heterocycles. The zero-order valence-electron chi connectivity index (χ0n) is 11.1. The van der Waals surface area contributed by atoms with Crippen LogP contribution in [0.1, 0.15) is 24.3 Å². The Labute approximate surface area is 107 Å². The standard InChI is InChI=1S/C13H20N2O3/c1-10(2)9-15(7-8-18-3)13(17)11-5-4-6-12(16)14-11/h4-6,10H,7-9H2,1-3H3,(H,14,16). The van der Waals surface area contributed by atoms with Crippen molar-refractivity contribution < 1.29 is 9.53 Å². The van der Waals surface area contributed by atoms with E-state index in [2.05, 4.69) is 4.98 Å². The van der Waals surface area contributed by atoms with Crippen LogP contribution in [0.3, 0.4) is 0 Å². The third-order valence-corrected chi connectivity index (χ3v) is 2.44. The van der Waals surface area contributed by atoms with Crippen molar-refractivity contribution in [3.63, 3.8) is 0 Å². The summed E-state index contributed by atoms with van der Waals surface area (Å²) in [6.07, 6.45) is 0. The second-order valence-electron chi connectivity index (χ2n) is 4.57. The summed E-state index contributed by atoms with van der Waals surface area (Å²) in [5, 5.41) is 0. The van der Waals surface area contributed by atoms with Crippen LogP contribution >= 0.6 is 0 Å². The van der Waals surface area contributed by atoms with Gasteiger partial charge in [0.1, 0.15) is 5.69 Å². The second kappa shape index (κ2) is 6.96. The minimum absolute atomic E-state index is 0.168. The highest BCUT2D eigenvalue weighted by atomic mass is 16.5. The Morgan fingerprint density at radius 3 is 2.72 bits per heavy atom. The summed E-state index contributed by atoms with van der Waals surface area (Å²) in [5.41, 5.74) is 0.0522. The Morgan fingerprint density at radius 1 is 1.44 bits per heavy atom. The molecule has 0 saturated carbocycles. The molecule has 0 aliphatic heterocycles. The van der Waals surface area contributed by atoms with Gasteiger partial charge in [0, 0.05) is 26.3 Å². The highest BCUT2D eigenvalue weighted by Crippen LogP contribution is 2.04. The Kier molecular flexibility index (Phi) is 5.58. The van der Waals surface area contributed by atoms with Crippen molar-refractivity contribution in [3.05, 3.63) is 34.2 Å². The molecule has 0 unspecified atom stereocenters. The molecule has 0 spiro atoms. The highest BCUT2D eigenvalue weighted by Gasteiger charge is 2.17. The zero-order chi connectivity index (χ0) is 13.5. The van der Waals surface area contributed by atoms with Gasteiger partial charge < -0.3 is 14.6 Å². The fraction of sp³-hybridized carbons (Fsp3) is 0.538. The zero-order valence-corrected chi connectivity index (χ0v) is 11.1. The largest absolute Gasteiger partial charge is 0.383 e. The molecule has 1 aromatic rings. The van der Waals surface area contributed by atoms with E-state index in [1.54, 1.807) is 24.1 Å². The molecule has 100 valence electrons. The van der Waals surface area contributed by atoms with Gasteiger partial charge in [-0.15, -0.1) is 0 Å². The molecule has 1 N–H and O–H groups in total. The average molecular weight is 252 g/mol. The molecule has 1 aromatic heterocycles. The van der Waals surface area contributed by atoms with Crippen LogP contribution < -0.4 is 5.56 Å². The summed E-state index contributed by atoms with van der Waals surface area (Å²) in [6, 6.07) is 4.58. The maximum atomic E-state index is 12.2. The number of rotatable bonds is 6. The first-order chi connectivity index (χ1) is 8.54. The fourth-order valence-electron chi connectivity index (χ4n) is 1.66. The van der Waals surface area contributed by atoms with Crippen molar-refractivity contribution in [2.24, 2.45) is 5.92 Å². The summed E-state index contributed by atoms with van der Waals surface area (Å²) >= 11 is 0. The third kappa shape index (κ3) is 4.33. The number of amides is 1. The molecule has 18 heavy (non-hydrogen) atoms. The maximum absolute atomic E-state index is 12.2. The van der Waals surface area contributed by atoms with E-state index in [9.17, 15) is 9.59 Å². The molecule has 0 bridgehead atoms. The van der Waals surface area contributed by atoms with Gasteiger partial charge in [0.2, 0.25) is 5.56 Å². The van der Waals surface area contributed by atoms with Gasteiger partial charge in [-0.25, -0.2) is 0 Å². The van der Waals surface area contributed by atoms with Crippen molar-refractivity contribution in [2.75, 3.05) is 26.8 Å². The average Bonchev–Trinajstić information content (AvgIpc) is 2.33. The monoisotopic (exact) mass is 252 g/mol. The molecular weight excluding hydrogens is 232 g/mol. The Morgan fingerprint density at radius 2 is 2.17 bits per heavy atom. The van der Waals surface area contributed by atoms with Crippen LogP contribution in [0.15, 0.2) is 23.0 Å². The number of pyridine rings is 1. The fourth-order valence-corrected chi connectivity index (χ4v) is 1.66. The van der Waals surface area contributed by atoms with Gasteiger partial charge in [0.25, 0.3) is 5.91 Å². The maximum Gasteiger partial charge on any atom is 0.270 e. The first-order valence-electron chi connectivity index (χ1n) is 6.02. The lowest BCUT2D eigenvalue weighted by Crippen LogP contribution is -2.37. The van der Waals surface area contributed by atoms with Gasteiger partial charge in [-0.3, -0.25) is 9.59 Å². The number of aromatic nitrogens is 1. The van der Waals surface area contributed by atoms with E-state index in [-0.39, 0.29) is 11.5 Å². The lowest BCUT2D eigenvalue weighted by Gasteiger charge is -2.24. The molecule has 0 aromatic carbocycles. The number of nitrogens with zero attached hydrogens (tertiary/aromatic N) is 1. The summed E-state index contributed by atoms with van der Waals surface area (Å²) in [7, 11) is 1.60. The van der Waals surface area contributed by atoms with Crippen LogP contribution in [0.4, 0.5) is 0 Å². The molecule has 0 aliphatic rings. The number of carbonyl (C=O) groups excluding carboxylic acids is 1. The minimum atomic E-state index is -0.267. The molecule has 5 nitrogen and oxygen atoms in total. The van der Waals surface area contributed by atoms with Gasteiger partial charge in [0.05, 0.1) is 6.61 Å². The molecule has 0 fully saturated rings. The predicted molar refractivity (Wildman–Crippen MR) is 69.7 cm³/mol. The number of H-pyrrole nitrogens is 1. The van der Waals surface area contributed by atoms with E-state index in [1.807, 2.05) is 13.8 Å². The Balaban J connectivity index is 2.83. The number of hydrogen-bond donors (Lipinski definition) is 1. The van der Waals surface area contributed by atoms with E-state index in [0.717, 1.165) is 0 Å². The summed E-state index contributed by atoms with van der Waals surface area (Å²) < 4.78 is 5.00. The summed E-state index contributed by atoms with van der Waals surface area (Å²) in [4.78, 5) is 27.7. The molecule has 1 rings (SSSR count). The number of methoxy groups -OCH3 is 1. The number of aromatic amines is 1. The van der Waals surface area contributed by atoms with Crippen LogP contribution in [0.2, 0.25) is 0 Å². The number of nitrogens with one attached hydrogen (secondary N) is 1. The van der Waals surface area contributed by atoms with Gasteiger partial charge in [0.15, 0.2) is 0 Å². The van der Waals surface area contributed by atoms with Crippen molar-refractivity contribution in [1.29, 1.82) is 0 Å². The lowest BCUT2D eigenvalue weighted by molar-refractivity contribution is 0.0666. The topological polar surface area (TPSA) is 62.4 Å². The van der Waals surface area contributed by atoms with Crippen molar-refractivity contribution in [3.8, 4) is 0 Å². The Bertz CT molecular complexity index is 440. The number of carbonyl (C=O) groups is 1. The van der Waals surface area contributed by atoms with Gasteiger partial charge in [-0.2, -0.15) is 0 Å². The second-order valence-corrected chi connectivity index (χ2v) is 4.57. The van der Waals surface area contributed by atoms with E-state index in [4.69, 9.17) is 4.74 Å². The first kappa shape index (κ1) is 14.4. The number of hydrogen-bond acceptors (Lipinski definition) is 3. The molecule has 0 atom stereocenters. The van der Waals surface area contributed by atoms with Crippen molar-refractivity contribution in [1.82, 2.24) is 9.88 Å². The Hall–Kier alpha value is -1.62. The first-order valence-corrected chi connectivity index (χ1v) is 6.02. The predicted octanol–water partition coefficient (Wildman–Crippen LogP) is 1.12. The lowest BCUT2D eigenvalue weighted by atomic mass is 10.2. The van der Waals surface area contributed by atoms with Crippen LogP contribution in [0.25, 0.3) is 0 Å². The molecule has 0 saturated heterocycles. The van der Waals surface area contributed by atoms with E-state index < -0.39 is 0 Å². The quantitative estimate of drug-likeness (QED) is 0.825. The molecule has 1 amide bonds. The summed E-state index contributed by atoms with van der Waals surface area (Å²) in [5.74, 6) is 0.194. The van der Waals surface area contributed by atoms with Crippen molar-refractivity contribution >= 4 is 5.91 Å². The molecule has 0 radical (unpaired) electrons. The van der Waals surface area contributed by atoms with E-state index in [1.165, 1.54) is 6.07 Å². The van der Waals surface area contributed by atoms with Gasteiger partial charge >= 0.3 is 0 Å². The normalized spacial score (nSPS) is 10.7. The van der Waals surface area contributed by atoms with Gasteiger partial charge in [-0.05, 0) is 12.0 Å². The third-order valence-electron chi connectivity index (χ3n) is 2.44. The van der Waals surface area contributed by atoms with E-state index in [0.29, 0.717) is 31.3 Å². The smallest absolute Gasteiger partial charge is 0.270 e. The molecule has 0 aliphatic carbocycles. The molecular formula is C13H20N2O3. The van der Waals surface area contributed by atoms with Crippen LogP contribution in [0.5, 0.6) is 0 Å². The van der Waals surface area contributed by atoms with Crippen molar-refractivity contribution in [2.45, 2.75) is 13.8 Å². The SMILES string of the molecule is COCCN(CC(C)C)C(=O)c1cccc(=O)[nH]1. The van der Waals surface area contributed by atoms with E-state index >= 15 is 0 Å². The molecule has 5 heteroatoms. The number of ether oxygens (including phenoxy) is 1. The van der Waals surface area contributed by atoms with Crippen LogP contribution in [-0.4, -0.2) is 42.6 Å². The summed E-state index contributed by atoms with van der Waals surface area (Å²) in [6.45, 7) is 5.72. The highest BCUT2D eigenvalue weighted by molar-refractivity contribution is 5.92. The minimum Gasteiger partial charge on any atom is -0.383 e.